The van der Waals surface area contributed by atoms with Gasteiger partial charge in [0.2, 0.25) is 0 Å². The van der Waals surface area contributed by atoms with E-state index < -0.39 is 0 Å². The van der Waals surface area contributed by atoms with Gasteiger partial charge in [-0.25, -0.2) is 0 Å². The van der Waals surface area contributed by atoms with Gasteiger partial charge in [-0.2, -0.15) is 0 Å². The number of ether oxygens (including phenoxy) is 6. The monoisotopic (exact) mass is 758 g/mol. The summed E-state index contributed by atoms with van der Waals surface area (Å²) in [6.45, 7) is 6.77. The van der Waals surface area contributed by atoms with E-state index in [0.29, 0.717) is 84.7 Å². The molecule has 8 nitrogen and oxygen atoms in total. The van der Waals surface area contributed by atoms with Crippen molar-refractivity contribution in [2.75, 3.05) is 85.0 Å². The molecular weight excluding hydrogens is 701 g/mol. The molecule has 0 atom stereocenters. The smallest absolute Gasteiger partial charge is 0.182 e. The summed E-state index contributed by atoms with van der Waals surface area (Å²) in [5.41, 5.74) is 4.50. The van der Waals surface area contributed by atoms with Crippen molar-refractivity contribution in [2.24, 2.45) is 0 Å². The van der Waals surface area contributed by atoms with Crippen LogP contribution in [0.2, 0.25) is 0 Å². The Labute approximate surface area is 326 Å². The van der Waals surface area contributed by atoms with Crippen molar-refractivity contribution in [3.63, 3.8) is 0 Å². The number of ketones is 2. The normalized spacial score (nSPS) is 13.1. The lowest BCUT2D eigenvalue weighted by Crippen LogP contribution is -2.26. The zero-order valence-electron chi connectivity index (χ0n) is 31.7. The van der Waals surface area contributed by atoms with Crippen molar-refractivity contribution in [2.45, 2.75) is 49.7 Å². The zero-order valence-corrected chi connectivity index (χ0v) is 32.5. The van der Waals surface area contributed by atoms with Crippen LogP contribution in [0.15, 0.2) is 115 Å². The van der Waals surface area contributed by atoms with E-state index in [1.54, 1.807) is 0 Å². The first-order chi connectivity index (χ1) is 26.7. The largest absolute Gasteiger partial charge is 0.379 e. The highest BCUT2D eigenvalue weighted by Crippen LogP contribution is 2.48. The molecule has 54 heavy (non-hydrogen) atoms. The summed E-state index contributed by atoms with van der Waals surface area (Å²) >= 11 is 2.00. The van der Waals surface area contributed by atoms with Crippen LogP contribution in [-0.4, -0.2) is 96.6 Å². The summed E-state index contributed by atoms with van der Waals surface area (Å²) in [7, 11) is 0. The number of hydrogen-bond donors (Lipinski definition) is 0. The molecule has 0 bridgehead atoms. The minimum atomic E-state index is -0.275. The van der Waals surface area contributed by atoms with Crippen LogP contribution >= 0.6 is 11.8 Å². The molecule has 9 heteroatoms. The van der Waals surface area contributed by atoms with Crippen LogP contribution in [0.3, 0.4) is 0 Å². The molecule has 4 rings (SSSR count). The summed E-state index contributed by atoms with van der Waals surface area (Å²) in [5.74, 6) is 0.872. The molecular formula is C45H58O8S. The van der Waals surface area contributed by atoms with Crippen LogP contribution in [0.4, 0.5) is 0 Å². The maximum atomic E-state index is 11.7. The number of unbranched alkanes of at least 4 members (excludes halogenated alkanes) is 4. The fourth-order valence-corrected chi connectivity index (χ4v) is 7.69. The Morgan fingerprint density at radius 1 is 0.426 bits per heavy atom. The number of benzene rings is 3. The fourth-order valence-electron chi connectivity index (χ4n) is 6.13. The lowest BCUT2D eigenvalue weighted by atomic mass is 9.84. The van der Waals surface area contributed by atoms with Crippen LogP contribution in [0.5, 0.6) is 0 Å². The molecule has 0 saturated carbocycles. The summed E-state index contributed by atoms with van der Waals surface area (Å²) < 4.78 is 33.5. The van der Waals surface area contributed by atoms with Gasteiger partial charge in [-0.3, -0.25) is 9.59 Å². The predicted molar refractivity (Wildman–Crippen MR) is 216 cm³/mol. The summed E-state index contributed by atoms with van der Waals surface area (Å²) in [6.07, 6.45) is 10.8. The highest BCUT2D eigenvalue weighted by atomic mass is 32.2. The number of thioether (sulfide) groups is 1. The van der Waals surface area contributed by atoms with E-state index in [1.807, 2.05) is 11.8 Å². The van der Waals surface area contributed by atoms with E-state index in [2.05, 4.69) is 91.0 Å². The van der Waals surface area contributed by atoms with E-state index in [0.717, 1.165) is 50.9 Å². The van der Waals surface area contributed by atoms with Crippen LogP contribution in [0.1, 0.15) is 61.6 Å². The molecule has 0 heterocycles. The van der Waals surface area contributed by atoms with Gasteiger partial charge in [0.1, 0.15) is 0 Å². The first kappa shape index (κ1) is 43.3. The summed E-state index contributed by atoms with van der Waals surface area (Å²) in [5, 5.41) is 0. The van der Waals surface area contributed by atoms with Gasteiger partial charge in [-0.1, -0.05) is 104 Å². The molecule has 0 saturated heterocycles. The van der Waals surface area contributed by atoms with Gasteiger partial charge in [0.05, 0.1) is 70.8 Å². The van der Waals surface area contributed by atoms with Crippen LogP contribution in [0, 0.1) is 0 Å². The van der Waals surface area contributed by atoms with E-state index in [-0.39, 0.29) is 16.3 Å². The number of hydrogen-bond acceptors (Lipinski definition) is 9. The first-order valence-corrected chi connectivity index (χ1v) is 20.4. The van der Waals surface area contributed by atoms with Gasteiger partial charge < -0.3 is 28.4 Å². The lowest BCUT2D eigenvalue weighted by molar-refractivity contribution is -0.114. The molecule has 0 aromatic heterocycles. The van der Waals surface area contributed by atoms with Gasteiger partial charge in [0.25, 0.3) is 0 Å². The van der Waals surface area contributed by atoms with Gasteiger partial charge >= 0.3 is 0 Å². The Bertz CT molecular complexity index is 1400. The quantitative estimate of drug-likeness (QED) is 0.0366. The molecule has 3 aromatic carbocycles. The highest BCUT2D eigenvalue weighted by molar-refractivity contribution is 8.00. The molecule has 3 aromatic rings. The van der Waals surface area contributed by atoms with E-state index >= 15 is 0 Å². The number of carbonyl (C=O) groups is 2. The van der Waals surface area contributed by atoms with Crippen molar-refractivity contribution >= 4 is 23.3 Å². The number of rotatable bonds is 31. The molecule has 0 aliphatic heterocycles. The Morgan fingerprint density at radius 3 is 1.26 bits per heavy atom. The molecule has 0 N–H and O–H groups in total. The third-order valence-electron chi connectivity index (χ3n) is 8.92. The predicted octanol–water partition coefficient (Wildman–Crippen LogP) is 8.18. The molecule has 0 unspecified atom stereocenters. The van der Waals surface area contributed by atoms with Gasteiger partial charge in [-0.05, 0) is 72.8 Å². The SMILES string of the molecule is O=C1C=CC(=O)C(CCCCCCOCCOCCOCCOCCOCCOCCCCSC(c2ccccc2)(c2ccccc2)c2ccccc2)=C1. The highest BCUT2D eigenvalue weighted by Gasteiger charge is 2.36. The van der Waals surface area contributed by atoms with Gasteiger partial charge in [0.15, 0.2) is 11.6 Å². The molecule has 1 aliphatic carbocycles. The van der Waals surface area contributed by atoms with Crippen molar-refractivity contribution < 1.29 is 38.0 Å². The third kappa shape index (κ3) is 16.1. The van der Waals surface area contributed by atoms with Crippen molar-refractivity contribution in [3.05, 3.63) is 131 Å². The molecule has 1 aliphatic rings. The maximum Gasteiger partial charge on any atom is 0.182 e. The average molecular weight is 759 g/mol. The van der Waals surface area contributed by atoms with Crippen LogP contribution < -0.4 is 0 Å². The topological polar surface area (TPSA) is 89.5 Å². The first-order valence-electron chi connectivity index (χ1n) is 19.4. The lowest BCUT2D eigenvalue weighted by Gasteiger charge is -2.35. The molecule has 0 spiro atoms. The van der Waals surface area contributed by atoms with Gasteiger partial charge in [-0.15, -0.1) is 11.8 Å². The Balaban J connectivity index is 0.904. The minimum absolute atomic E-state index is 0.0435. The Kier molecular flexibility index (Phi) is 21.8. The van der Waals surface area contributed by atoms with Crippen LogP contribution in [-0.2, 0) is 42.8 Å². The Hall–Kier alpha value is -3.41. The second-order valence-corrected chi connectivity index (χ2v) is 14.3. The second kappa shape index (κ2) is 27.2. The summed E-state index contributed by atoms with van der Waals surface area (Å²) in [4.78, 5) is 23.1. The number of carbonyl (C=O) groups excluding carboxylic acids is 2. The summed E-state index contributed by atoms with van der Waals surface area (Å²) in [6, 6.07) is 32.5. The average Bonchev–Trinajstić information content (AvgIpc) is 3.21. The van der Waals surface area contributed by atoms with Crippen molar-refractivity contribution in [1.82, 2.24) is 0 Å². The van der Waals surface area contributed by atoms with Crippen LogP contribution in [0.25, 0.3) is 0 Å². The number of allylic oxidation sites excluding steroid dienone is 4. The molecule has 0 amide bonds. The third-order valence-corrected chi connectivity index (χ3v) is 10.6. The van der Waals surface area contributed by atoms with E-state index in [4.69, 9.17) is 28.4 Å². The van der Waals surface area contributed by atoms with E-state index in [9.17, 15) is 9.59 Å². The minimum Gasteiger partial charge on any atom is -0.379 e. The molecule has 292 valence electrons. The van der Waals surface area contributed by atoms with Crippen molar-refractivity contribution in [3.8, 4) is 0 Å². The molecule has 0 radical (unpaired) electrons. The van der Waals surface area contributed by atoms with E-state index in [1.165, 1.54) is 34.9 Å². The fraction of sp³-hybridized carbons (Fsp3) is 0.467. The Morgan fingerprint density at radius 2 is 0.815 bits per heavy atom. The maximum absolute atomic E-state index is 11.7. The standard InChI is InChI=1S/C45H58O8S/c46-43-23-24-44(47)39(38-43)16-6-1-2-13-25-48-27-29-50-31-33-52-35-36-53-34-32-51-30-28-49-26-14-15-37-54-45(40-17-7-3-8-18-40,41-19-9-4-10-20-41)42-21-11-5-12-22-42/h3-5,7-12,17-24,38H,1-2,6,13-16,25-37H2. The zero-order chi connectivity index (χ0) is 37.8. The molecule has 0 fully saturated rings. The second-order valence-electron chi connectivity index (χ2n) is 12.9. The van der Waals surface area contributed by atoms with Gasteiger partial charge in [0, 0.05) is 18.8 Å². The van der Waals surface area contributed by atoms with Crippen molar-refractivity contribution in [1.29, 1.82) is 0 Å².